The van der Waals surface area contributed by atoms with Crippen LogP contribution in [0.4, 0.5) is 11.4 Å². The van der Waals surface area contributed by atoms with Crippen LogP contribution >= 0.6 is 22.9 Å². The van der Waals surface area contributed by atoms with Gasteiger partial charge in [0, 0.05) is 27.3 Å². The van der Waals surface area contributed by atoms with E-state index < -0.39 is 0 Å². The van der Waals surface area contributed by atoms with Gasteiger partial charge < -0.3 is 10.6 Å². The van der Waals surface area contributed by atoms with Crippen molar-refractivity contribution in [2.24, 2.45) is 0 Å². The van der Waals surface area contributed by atoms with E-state index in [1.165, 1.54) is 0 Å². The van der Waals surface area contributed by atoms with Crippen LogP contribution in [0.1, 0.15) is 17.5 Å². The number of hydrogen-bond donors (Lipinski definition) is 2. The molecule has 0 fully saturated rings. The third-order valence-corrected chi connectivity index (χ3v) is 5.73. The second-order valence-electron chi connectivity index (χ2n) is 7.19. The van der Waals surface area contributed by atoms with Gasteiger partial charge in [-0.15, -0.1) is 11.3 Å². The van der Waals surface area contributed by atoms with Crippen molar-refractivity contribution in [1.29, 1.82) is 0 Å². The first kappa shape index (κ1) is 22.9. The van der Waals surface area contributed by atoms with Crippen molar-refractivity contribution in [3.8, 4) is 11.3 Å². The molecular weight excluding hydrogens is 432 g/mol. The molecule has 3 aromatic rings. The number of benzene rings is 2. The minimum atomic E-state index is -0.194. The molecule has 2 N–H and O–H groups in total. The molecular formula is C23H25ClN4O2S. The highest BCUT2D eigenvalue weighted by Gasteiger charge is 2.15. The number of halogens is 1. The molecule has 0 aliphatic heterocycles. The summed E-state index contributed by atoms with van der Waals surface area (Å²) in [5.41, 5.74) is 4.14. The SMILES string of the molecule is CCN(CC(=O)Nc1cccc(-c2csc(C)n2)c1)CC(=O)Nc1cc(Cl)ccc1C. The first-order chi connectivity index (χ1) is 14.8. The van der Waals surface area contributed by atoms with Crippen LogP contribution in [-0.2, 0) is 9.59 Å². The Labute approximate surface area is 191 Å². The summed E-state index contributed by atoms with van der Waals surface area (Å²) in [5, 5.41) is 9.32. The smallest absolute Gasteiger partial charge is 0.238 e. The van der Waals surface area contributed by atoms with Gasteiger partial charge >= 0.3 is 0 Å². The number of aryl methyl sites for hydroxylation is 2. The molecule has 0 unspecified atom stereocenters. The van der Waals surface area contributed by atoms with Crippen molar-refractivity contribution in [3.63, 3.8) is 0 Å². The number of likely N-dealkylation sites (N-methyl/N-ethyl adjacent to an activating group) is 1. The maximum absolute atomic E-state index is 12.6. The first-order valence-electron chi connectivity index (χ1n) is 9.95. The normalized spacial score (nSPS) is 10.9. The Hall–Kier alpha value is -2.74. The van der Waals surface area contributed by atoms with Crippen molar-refractivity contribution in [1.82, 2.24) is 9.88 Å². The van der Waals surface area contributed by atoms with Crippen molar-refractivity contribution in [3.05, 3.63) is 63.4 Å². The van der Waals surface area contributed by atoms with Crippen LogP contribution in [0.25, 0.3) is 11.3 Å². The van der Waals surface area contributed by atoms with Crippen LogP contribution in [-0.4, -0.2) is 41.3 Å². The molecule has 3 rings (SSSR count). The van der Waals surface area contributed by atoms with Crippen molar-refractivity contribution >= 4 is 46.1 Å². The van der Waals surface area contributed by atoms with Gasteiger partial charge in [-0.25, -0.2) is 4.98 Å². The van der Waals surface area contributed by atoms with Crippen LogP contribution in [0.15, 0.2) is 47.8 Å². The molecule has 31 heavy (non-hydrogen) atoms. The molecule has 2 amide bonds. The van der Waals surface area contributed by atoms with E-state index in [0.717, 1.165) is 21.8 Å². The summed E-state index contributed by atoms with van der Waals surface area (Å²) in [7, 11) is 0. The summed E-state index contributed by atoms with van der Waals surface area (Å²) in [4.78, 5) is 31.3. The summed E-state index contributed by atoms with van der Waals surface area (Å²) in [6.45, 7) is 6.55. The number of amides is 2. The molecule has 2 aromatic carbocycles. The lowest BCUT2D eigenvalue weighted by atomic mass is 10.1. The summed E-state index contributed by atoms with van der Waals surface area (Å²) >= 11 is 7.60. The Morgan fingerprint density at radius 1 is 1.06 bits per heavy atom. The summed E-state index contributed by atoms with van der Waals surface area (Å²) in [6.07, 6.45) is 0. The van der Waals surface area contributed by atoms with Gasteiger partial charge in [0.15, 0.2) is 0 Å². The van der Waals surface area contributed by atoms with Crippen molar-refractivity contribution in [2.45, 2.75) is 20.8 Å². The number of rotatable bonds is 8. The van der Waals surface area contributed by atoms with Gasteiger partial charge in [-0.2, -0.15) is 0 Å². The molecule has 0 saturated heterocycles. The fourth-order valence-corrected chi connectivity index (χ4v) is 3.85. The Morgan fingerprint density at radius 2 is 1.81 bits per heavy atom. The maximum atomic E-state index is 12.6. The molecule has 162 valence electrons. The van der Waals surface area contributed by atoms with Crippen LogP contribution in [0.5, 0.6) is 0 Å². The number of nitrogens with one attached hydrogen (secondary N) is 2. The zero-order valence-corrected chi connectivity index (χ0v) is 19.3. The highest BCUT2D eigenvalue weighted by Crippen LogP contribution is 2.24. The number of carbonyl (C=O) groups excluding carboxylic acids is 2. The fourth-order valence-electron chi connectivity index (χ4n) is 3.06. The summed E-state index contributed by atoms with van der Waals surface area (Å²) < 4.78 is 0. The molecule has 8 heteroatoms. The largest absolute Gasteiger partial charge is 0.325 e. The van der Waals surface area contributed by atoms with Gasteiger partial charge in [-0.05, 0) is 50.2 Å². The molecule has 0 radical (unpaired) electrons. The zero-order chi connectivity index (χ0) is 22.4. The Morgan fingerprint density at radius 3 is 2.48 bits per heavy atom. The van der Waals surface area contributed by atoms with Crippen LogP contribution < -0.4 is 10.6 Å². The lowest BCUT2D eigenvalue weighted by Gasteiger charge is -2.20. The molecule has 0 aliphatic rings. The number of nitrogens with zero attached hydrogens (tertiary/aromatic N) is 2. The number of thiazole rings is 1. The third kappa shape index (κ3) is 6.62. The van der Waals surface area contributed by atoms with Gasteiger partial charge in [0.05, 0.1) is 23.8 Å². The lowest BCUT2D eigenvalue weighted by molar-refractivity contribution is -0.119. The molecule has 1 aromatic heterocycles. The quantitative estimate of drug-likeness (QED) is 0.501. The minimum absolute atomic E-state index is 0.105. The van der Waals surface area contributed by atoms with Crippen molar-refractivity contribution < 1.29 is 9.59 Å². The van der Waals surface area contributed by atoms with Gasteiger partial charge in [0.2, 0.25) is 11.8 Å². The van der Waals surface area contributed by atoms with Crippen LogP contribution in [0.2, 0.25) is 5.02 Å². The average molecular weight is 457 g/mol. The second-order valence-corrected chi connectivity index (χ2v) is 8.69. The third-order valence-electron chi connectivity index (χ3n) is 4.72. The van der Waals surface area contributed by atoms with E-state index in [2.05, 4.69) is 15.6 Å². The monoisotopic (exact) mass is 456 g/mol. The van der Waals surface area contributed by atoms with Crippen molar-refractivity contribution in [2.75, 3.05) is 30.3 Å². The molecule has 6 nitrogen and oxygen atoms in total. The highest BCUT2D eigenvalue weighted by atomic mass is 35.5. The zero-order valence-electron chi connectivity index (χ0n) is 17.7. The molecule has 0 bridgehead atoms. The number of hydrogen-bond acceptors (Lipinski definition) is 5. The van der Waals surface area contributed by atoms with E-state index in [0.29, 0.717) is 22.9 Å². The van der Waals surface area contributed by atoms with Gasteiger partial charge in [-0.3, -0.25) is 14.5 Å². The standard InChI is InChI=1S/C23H25ClN4O2S/c1-4-28(13-23(30)27-20-11-18(24)9-8-15(20)2)12-22(29)26-19-7-5-6-17(10-19)21-14-31-16(3)25-21/h5-11,14H,4,12-13H2,1-3H3,(H,26,29)(H,27,30). The predicted octanol–water partition coefficient (Wildman–Crippen LogP) is 4.98. The van der Waals surface area contributed by atoms with E-state index in [4.69, 9.17) is 11.6 Å². The van der Waals surface area contributed by atoms with Gasteiger partial charge in [0.25, 0.3) is 0 Å². The Kier molecular flexibility index (Phi) is 7.79. The summed E-state index contributed by atoms with van der Waals surface area (Å²) in [6, 6.07) is 12.9. The maximum Gasteiger partial charge on any atom is 0.238 e. The first-order valence-corrected chi connectivity index (χ1v) is 11.2. The van der Waals surface area contributed by atoms with E-state index in [1.54, 1.807) is 28.4 Å². The summed E-state index contributed by atoms with van der Waals surface area (Å²) in [5.74, 6) is -0.374. The lowest BCUT2D eigenvalue weighted by Crippen LogP contribution is -2.38. The molecule has 0 saturated carbocycles. The predicted molar refractivity (Wildman–Crippen MR) is 128 cm³/mol. The van der Waals surface area contributed by atoms with E-state index in [-0.39, 0.29) is 24.9 Å². The van der Waals surface area contributed by atoms with Crippen LogP contribution in [0.3, 0.4) is 0 Å². The molecule has 0 atom stereocenters. The number of carbonyl (C=O) groups is 2. The molecule has 0 spiro atoms. The van der Waals surface area contributed by atoms with E-state index >= 15 is 0 Å². The van der Waals surface area contributed by atoms with Gasteiger partial charge in [-0.1, -0.05) is 36.7 Å². The Bertz CT molecular complexity index is 1080. The topological polar surface area (TPSA) is 74.3 Å². The minimum Gasteiger partial charge on any atom is -0.325 e. The second kappa shape index (κ2) is 10.5. The fraction of sp³-hybridized carbons (Fsp3) is 0.261. The molecule has 0 aliphatic carbocycles. The average Bonchev–Trinajstić information content (AvgIpc) is 3.16. The number of aromatic nitrogens is 1. The van der Waals surface area contributed by atoms with E-state index in [1.807, 2.05) is 56.5 Å². The number of anilines is 2. The highest BCUT2D eigenvalue weighted by molar-refractivity contribution is 7.09. The van der Waals surface area contributed by atoms with Crippen LogP contribution in [0, 0.1) is 13.8 Å². The van der Waals surface area contributed by atoms with Gasteiger partial charge in [0.1, 0.15) is 0 Å². The van der Waals surface area contributed by atoms with E-state index in [9.17, 15) is 9.59 Å². The Balaban J connectivity index is 1.57. The molecule has 1 heterocycles.